The molecule has 0 saturated heterocycles. The highest BCUT2D eigenvalue weighted by molar-refractivity contribution is 6.02. The normalized spacial score (nSPS) is 15.9. The summed E-state index contributed by atoms with van der Waals surface area (Å²) in [5.74, 6) is -1.50. The molecule has 132 valence electrons. The first-order valence-electron chi connectivity index (χ1n) is 6.89. The molecule has 0 fully saturated rings. The van der Waals surface area contributed by atoms with Crippen molar-refractivity contribution in [1.29, 1.82) is 0 Å². The van der Waals surface area contributed by atoms with Crippen LogP contribution in [0.4, 0.5) is 5.69 Å². The van der Waals surface area contributed by atoms with E-state index in [1.807, 2.05) is 0 Å². The molecule has 0 aromatic heterocycles. The van der Waals surface area contributed by atoms with Crippen LogP contribution in [0.15, 0.2) is 24.3 Å². The maximum absolute atomic E-state index is 12.4. The molecule has 0 saturated carbocycles. The van der Waals surface area contributed by atoms with Crippen molar-refractivity contribution in [2.45, 2.75) is 31.3 Å². The summed E-state index contributed by atoms with van der Waals surface area (Å²) in [4.78, 5) is 33.6. The minimum Gasteiger partial charge on any atom is -0.394 e. The van der Waals surface area contributed by atoms with Gasteiger partial charge in [0, 0.05) is 24.6 Å². The Kier molecular flexibility index (Phi) is 6.92. The molecule has 0 bridgehead atoms. The Morgan fingerprint density at radius 3 is 2.12 bits per heavy atom. The second-order valence-electron chi connectivity index (χ2n) is 5.08. The van der Waals surface area contributed by atoms with Crippen molar-refractivity contribution in [2.75, 3.05) is 6.61 Å². The van der Waals surface area contributed by atoms with Gasteiger partial charge in [0.1, 0.15) is 24.4 Å². The largest absolute Gasteiger partial charge is 0.394 e. The van der Waals surface area contributed by atoms with Gasteiger partial charge in [0.15, 0.2) is 5.78 Å². The van der Waals surface area contributed by atoms with E-state index in [9.17, 15) is 35.0 Å². The van der Waals surface area contributed by atoms with Crippen LogP contribution in [0.3, 0.4) is 0 Å². The lowest BCUT2D eigenvalue weighted by Gasteiger charge is -2.28. The van der Waals surface area contributed by atoms with Gasteiger partial charge in [0.25, 0.3) is 5.69 Å². The van der Waals surface area contributed by atoms with Gasteiger partial charge < -0.3 is 25.7 Å². The Morgan fingerprint density at radius 2 is 1.71 bits per heavy atom. The molecule has 10 heteroatoms. The first-order valence-corrected chi connectivity index (χ1v) is 6.89. The van der Waals surface area contributed by atoms with Crippen LogP contribution < -0.4 is 5.32 Å². The summed E-state index contributed by atoms with van der Waals surface area (Å²) >= 11 is 0. The number of amides is 1. The molecule has 1 aromatic rings. The van der Waals surface area contributed by atoms with E-state index in [0.717, 1.165) is 31.2 Å². The van der Waals surface area contributed by atoms with Crippen molar-refractivity contribution >= 4 is 17.4 Å². The van der Waals surface area contributed by atoms with Crippen LogP contribution in [-0.4, -0.2) is 68.0 Å². The maximum atomic E-state index is 12.4. The number of benzene rings is 1. The molecule has 0 heterocycles. The molecule has 1 rings (SSSR count). The predicted molar refractivity (Wildman–Crippen MR) is 80.1 cm³/mol. The summed E-state index contributed by atoms with van der Waals surface area (Å²) in [6, 6.07) is 2.81. The second-order valence-corrected chi connectivity index (χ2v) is 5.08. The smallest absolute Gasteiger partial charge is 0.269 e. The second kappa shape index (κ2) is 8.45. The van der Waals surface area contributed by atoms with Crippen molar-refractivity contribution in [3.8, 4) is 0 Å². The number of nitrogens with zero attached hydrogens (tertiary/aromatic N) is 1. The van der Waals surface area contributed by atoms with E-state index in [0.29, 0.717) is 0 Å². The van der Waals surface area contributed by atoms with Gasteiger partial charge in [-0.2, -0.15) is 0 Å². The number of carbonyl (C=O) groups excluding carboxylic acids is 2. The fourth-order valence-electron chi connectivity index (χ4n) is 1.98. The van der Waals surface area contributed by atoms with E-state index < -0.39 is 47.6 Å². The molecule has 10 nitrogen and oxygen atoms in total. The zero-order valence-electron chi connectivity index (χ0n) is 12.7. The van der Waals surface area contributed by atoms with E-state index in [4.69, 9.17) is 5.11 Å². The number of nitrogens with one attached hydrogen (secondary N) is 1. The van der Waals surface area contributed by atoms with Crippen LogP contribution in [0.1, 0.15) is 17.3 Å². The molecular formula is C14H18N2O8. The number of hydrogen-bond donors (Lipinski definition) is 5. The third kappa shape index (κ3) is 4.80. The number of non-ortho nitro benzene ring substituents is 1. The summed E-state index contributed by atoms with van der Waals surface area (Å²) in [5.41, 5.74) is -0.303. The molecule has 4 atom stereocenters. The van der Waals surface area contributed by atoms with Crippen LogP contribution in [0.5, 0.6) is 0 Å². The third-order valence-electron chi connectivity index (χ3n) is 3.28. The van der Waals surface area contributed by atoms with E-state index in [1.54, 1.807) is 0 Å². The summed E-state index contributed by atoms with van der Waals surface area (Å²) < 4.78 is 0. The van der Waals surface area contributed by atoms with Crippen molar-refractivity contribution in [1.82, 2.24) is 5.32 Å². The SMILES string of the molecule is CC(=O)NC(C(=O)c1ccc([N+](=O)[O-])cc1)C(O)C(O)C(O)CO. The molecular weight excluding hydrogens is 324 g/mol. The molecule has 0 aliphatic rings. The minimum atomic E-state index is -1.90. The van der Waals surface area contributed by atoms with Gasteiger partial charge in [-0.05, 0) is 12.1 Å². The fraction of sp³-hybridized carbons (Fsp3) is 0.429. The summed E-state index contributed by atoms with van der Waals surface area (Å²) in [6.07, 6.45) is -5.52. The number of carbonyl (C=O) groups is 2. The first kappa shape index (κ1) is 19.6. The highest BCUT2D eigenvalue weighted by atomic mass is 16.6. The minimum absolute atomic E-state index is 0.0518. The number of aliphatic hydroxyl groups excluding tert-OH is 4. The van der Waals surface area contributed by atoms with E-state index in [-0.39, 0.29) is 11.3 Å². The standard InChI is InChI=1S/C14H18N2O8/c1-7(18)15-11(14(22)13(21)10(19)6-17)12(20)8-2-4-9(5-3-8)16(23)24/h2-5,10-11,13-14,17,19,21-22H,6H2,1H3,(H,15,18). The van der Waals surface area contributed by atoms with Gasteiger partial charge in [0.05, 0.1) is 11.5 Å². The predicted octanol–water partition coefficient (Wildman–Crippen LogP) is -1.64. The summed E-state index contributed by atoms with van der Waals surface area (Å²) in [7, 11) is 0. The van der Waals surface area contributed by atoms with E-state index in [2.05, 4.69) is 5.32 Å². The summed E-state index contributed by atoms with van der Waals surface area (Å²) in [6.45, 7) is 0.217. The van der Waals surface area contributed by atoms with Crippen LogP contribution >= 0.6 is 0 Å². The van der Waals surface area contributed by atoms with Crippen molar-refractivity contribution in [2.24, 2.45) is 0 Å². The number of nitro groups is 1. The Morgan fingerprint density at radius 1 is 1.17 bits per heavy atom. The molecule has 0 aliphatic heterocycles. The van der Waals surface area contributed by atoms with E-state index in [1.165, 1.54) is 0 Å². The zero-order valence-corrected chi connectivity index (χ0v) is 12.7. The van der Waals surface area contributed by atoms with Crippen LogP contribution in [-0.2, 0) is 4.79 Å². The highest BCUT2D eigenvalue weighted by Crippen LogP contribution is 2.16. The average Bonchev–Trinajstić information content (AvgIpc) is 2.56. The topological polar surface area (TPSA) is 170 Å². The lowest BCUT2D eigenvalue weighted by atomic mass is 9.94. The van der Waals surface area contributed by atoms with E-state index >= 15 is 0 Å². The number of hydrogen-bond acceptors (Lipinski definition) is 8. The molecule has 5 N–H and O–H groups in total. The Hall–Kier alpha value is -2.40. The van der Waals surface area contributed by atoms with Gasteiger partial charge in [-0.15, -0.1) is 0 Å². The molecule has 24 heavy (non-hydrogen) atoms. The zero-order chi connectivity index (χ0) is 18.4. The maximum Gasteiger partial charge on any atom is 0.269 e. The van der Waals surface area contributed by atoms with Crippen molar-refractivity contribution in [3.63, 3.8) is 0 Å². The van der Waals surface area contributed by atoms with Gasteiger partial charge in [0.2, 0.25) is 5.91 Å². The number of Topliss-reactive ketones (excluding diaryl/α,β-unsaturated/α-hetero) is 1. The molecule has 1 aromatic carbocycles. The Balaban J connectivity index is 3.08. The molecule has 1 amide bonds. The monoisotopic (exact) mass is 342 g/mol. The number of aliphatic hydroxyl groups is 4. The number of rotatable bonds is 8. The van der Waals surface area contributed by atoms with Gasteiger partial charge in [-0.1, -0.05) is 0 Å². The third-order valence-corrected chi connectivity index (χ3v) is 3.28. The quantitative estimate of drug-likeness (QED) is 0.213. The number of ketones is 1. The van der Waals surface area contributed by atoms with Crippen LogP contribution in [0.2, 0.25) is 0 Å². The fourth-order valence-corrected chi connectivity index (χ4v) is 1.98. The molecule has 4 unspecified atom stereocenters. The lowest BCUT2D eigenvalue weighted by molar-refractivity contribution is -0.384. The van der Waals surface area contributed by atoms with Gasteiger partial charge in [-0.3, -0.25) is 19.7 Å². The number of nitro benzene ring substituents is 1. The lowest BCUT2D eigenvalue weighted by Crippen LogP contribution is -2.55. The Bertz CT molecular complexity index is 603. The van der Waals surface area contributed by atoms with Gasteiger partial charge >= 0.3 is 0 Å². The van der Waals surface area contributed by atoms with Crippen molar-refractivity contribution in [3.05, 3.63) is 39.9 Å². The average molecular weight is 342 g/mol. The van der Waals surface area contributed by atoms with Crippen molar-refractivity contribution < 1.29 is 34.9 Å². The van der Waals surface area contributed by atoms with Gasteiger partial charge in [-0.25, -0.2) is 0 Å². The molecule has 0 spiro atoms. The van der Waals surface area contributed by atoms with Crippen LogP contribution in [0, 0.1) is 10.1 Å². The Labute approximate surface area is 136 Å². The highest BCUT2D eigenvalue weighted by Gasteiger charge is 2.36. The summed E-state index contributed by atoms with van der Waals surface area (Å²) in [5, 5.41) is 50.7. The van der Waals surface area contributed by atoms with Crippen LogP contribution in [0.25, 0.3) is 0 Å². The molecule has 0 aliphatic carbocycles. The first-order chi connectivity index (χ1) is 11.2. The molecule has 0 radical (unpaired) electrons.